The first-order valence-electron chi connectivity index (χ1n) is 9.50. The van der Waals surface area contributed by atoms with Crippen LogP contribution in [-0.2, 0) is 10.9 Å². The van der Waals surface area contributed by atoms with Gasteiger partial charge in [0.2, 0.25) is 0 Å². The average molecular weight is 419 g/mol. The third kappa shape index (κ3) is 40.4. The van der Waals surface area contributed by atoms with E-state index in [9.17, 15) is 25.2 Å². The molecule has 0 N–H and O–H groups in total. The van der Waals surface area contributed by atoms with E-state index in [-0.39, 0.29) is 0 Å². The summed E-state index contributed by atoms with van der Waals surface area (Å²) in [6, 6.07) is 0. The minimum atomic E-state index is -10.7. The zero-order chi connectivity index (χ0) is 19.9. The van der Waals surface area contributed by atoms with Gasteiger partial charge in [0, 0.05) is 0 Å². The fraction of sp³-hybridized carbons (Fsp3) is 1.00. The van der Waals surface area contributed by atoms with Crippen molar-refractivity contribution < 1.29 is 25.2 Å². The van der Waals surface area contributed by atoms with Crippen molar-refractivity contribution in [3.63, 3.8) is 0 Å². The standard InChI is InChI=1S/C17H37S.F6P/c1-4-7-10-11-12-13-14-17-18(15-8-5-2)16-9-6-3;1-7(2,3,4,5)6/h4-17H2,1-3H3;/q+1;-1. The summed E-state index contributed by atoms with van der Waals surface area (Å²) in [5.41, 5.74) is 0. The third-order valence-electron chi connectivity index (χ3n) is 3.61. The zero-order valence-electron chi connectivity index (χ0n) is 16.0. The van der Waals surface area contributed by atoms with Crippen molar-refractivity contribution in [2.75, 3.05) is 17.3 Å². The maximum atomic E-state index is 9.87. The molecule has 0 aromatic heterocycles. The molecule has 0 aliphatic carbocycles. The second kappa shape index (κ2) is 12.7. The van der Waals surface area contributed by atoms with Gasteiger partial charge in [-0.3, -0.25) is 0 Å². The molecule has 0 aromatic carbocycles. The second-order valence-corrected chi connectivity index (χ2v) is 10.9. The number of halogens is 6. The Morgan fingerprint density at radius 1 is 0.480 bits per heavy atom. The van der Waals surface area contributed by atoms with E-state index in [0.29, 0.717) is 0 Å². The molecule has 0 radical (unpaired) electrons. The van der Waals surface area contributed by atoms with Gasteiger partial charge < -0.3 is 0 Å². The summed E-state index contributed by atoms with van der Waals surface area (Å²) in [6.45, 7) is 6.96. The molecule has 0 bridgehead atoms. The SMILES string of the molecule is CCCCCCCCC[S+](CCCC)CCCC.F[P-](F)(F)(F)(F)F. The normalized spacial score (nSPS) is 14.6. The Balaban J connectivity index is 0. The van der Waals surface area contributed by atoms with Crippen LogP contribution in [-0.4, -0.2) is 17.3 Å². The molecule has 0 nitrogen and oxygen atoms in total. The van der Waals surface area contributed by atoms with Crippen LogP contribution in [0.15, 0.2) is 0 Å². The van der Waals surface area contributed by atoms with Gasteiger partial charge in [0.05, 0.1) is 0 Å². The van der Waals surface area contributed by atoms with Crippen LogP contribution < -0.4 is 0 Å². The van der Waals surface area contributed by atoms with E-state index in [0.717, 1.165) is 10.9 Å². The molecule has 0 aliphatic rings. The Hall–Kier alpha value is 0.360. The zero-order valence-corrected chi connectivity index (χ0v) is 17.7. The predicted octanol–water partition coefficient (Wildman–Crippen LogP) is 9.34. The molecule has 0 heterocycles. The fourth-order valence-electron chi connectivity index (χ4n) is 2.27. The molecule has 0 atom stereocenters. The average Bonchev–Trinajstić information content (AvgIpc) is 2.45. The van der Waals surface area contributed by atoms with Gasteiger partial charge in [0.15, 0.2) is 0 Å². The first-order valence-corrected chi connectivity index (χ1v) is 13.3. The molecule has 0 spiro atoms. The van der Waals surface area contributed by atoms with Crippen molar-refractivity contribution in [3.8, 4) is 0 Å². The first-order chi connectivity index (χ1) is 11.3. The van der Waals surface area contributed by atoms with Crippen molar-refractivity contribution in [2.45, 2.75) is 91.4 Å². The number of hydrogen-bond acceptors (Lipinski definition) is 0. The van der Waals surface area contributed by atoms with Crippen LogP contribution in [0.25, 0.3) is 0 Å². The van der Waals surface area contributed by atoms with Crippen LogP contribution in [0.1, 0.15) is 91.4 Å². The monoisotopic (exact) mass is 418 g/mol. The van der Waals surface area contributed by atoms with E-state index in [1.165, 1.54) is 87.9 Å². The Morgan fingerprint density at radius 3 is 1.12 bits per heavy atom. The van der Waals surface area contributed by atoms with Gasteiger partial charge in [-0.25, -0.2) is 0 Å². The van der Waals surface area contributed by atoms with Gasteiger partial charge >= 0.3 is 33.0 Å². The Labute approximate surface area is 153 Å². The summed E-state index contributed by atoms with van der Waals surface area (Å²) in [7, 11) is -9.89. The molecule has 0 unspecified atom stereocenters. The van der Waals surface area contributed by atoms with E-state index in [2.05, 4.69) is 20.8 Å². The van der Waals surface area contributed by atoms with Crippen LogP contribution in [0.2, 0.25) is 0 Å². The molecular formula is C17H37F6PS. The molecule has 0 saturated heterocycles. The van der Waals surface area contributed by atoms with Gasteiger partial charge in [-0.05, 0) is 36.6 Å². The molecule has 0 rings (SSSR count). The molecule has 0 fully saturated rings. The summed E-state index contributed by atoms with van der Waals surface area (Å²) in [6.07, 6.45) is 15.9. The molecule has 0 amide bonds. The fourth-order valence-corrected chi connectivity index (χ4v) is 4.88. The Kier molecular flexibility index (Phi) is 14.0. The summed E-state index contributed by atoms with van der Waals surface area (Å²) >= 11 is 0. The van der Waals surface area contributed by atoms with Crippen molar-refractivity contribution >= 4 is 18.7 Å². The Bertz CT molecular complexity index is 284. The number of rotatable bonds is 14. The van der Waals surface area contributed by atoms with Crippen molar-refractivity contribution in [3.05, 3.63) is 0 Å². The molecule has 8 heteroatoms. The van der Waals surface area contributed by atoms with E-state index in [1.54, 1.807) is 0 Å². The third-order valence-corrected chi connectivity index (χ3v) is 6.21. The number of hydrogen-bond donors (Lipinski definition) is 0. The molecular weight excluding hydrogens is 381 g/mol. The Morgan fingerprint density at radius 2 is 0.760 bits per heavy atom. The van der Waals surface area contributed by atoms with E-state index in [4.69, 9.17) is 0 Å². The van der Waals surface area contributed by atoms with E-state index in [1.807, 2.05) is 0 Å². The van der Waals surface area contributed by atoms with E-state index < -0.39 is 7.81 Å². The van der Waals surface area contributed by atoms with Gasteiger partial charge in [-0.2, -0.15) is 0 Å². The van der Waals surface area contributed by atoms with Crippen LogP contribution >= 0.6 is 7.81 Å². The maximum absolute atomic E-state index is 10.7. The van der Waals surface area contributed by atoms with Crippen molar-refractivity contribution in [2.24, 2.45) is 0 Å². The van der Waals surface area contributed by atoms with Gasteiger partial charge in [-0.15, -0.1) is 0 Å². The van der Waals surface area contributed by atoms with Gasteiger partial charge in [-0.1, -0.05) is 65.7 Å². The summed E-state index contributed by atoms with van der Waals surface area (Å²) in [4.78, 5) is 0. The van der Waals surface area contributed by atoms with E-state index >= 15 is 0 Å². The van der Waals surface area contributed by atoms with Crippen LogP contribution in [0.5, 0.6) is 0 Å². The second-order valence-electron chi connectivity index (χ2n) is 6.51. The first kappa shape index (κ1) is 27.6. The molecule has 25 heavy (non-hydrogen) atoms. The van der Waals surface area contributed by atoms with Gasteiger partial charge in [0.25, 0.3) is 0 Å². The molecule has 0 aliphatic heterocycles. The molecule has 0 saturated carbocycles. The van der Waals surface area contributed by atoms with Crippen molar-refractivity contribution in [1.82, 2.24) is 0 Å². The topological polar surface area (TPSA) is 0 Å². The molecule has 0 aromatic rings. The summed E-state index contributed by atoms with van der Waals surface area (Å²) < 4.78 is 59.2. The van der Waals surface area contributed by atoms with Gasteiger partial charge in [0.1, 0.15) is 17.3 Å². The summed E-state index contributed by atoms with van der Waals surface area (Å²) in [5, 5.41) is 0. The van der Waals surface area contributed by atoms with Crippen molar-refractivity contribution in [1.29, 1.82) is 0 Å². The van der Waals surface area contributed by atoms with Crippen LogP contribution in [0, 0.1) is 0 Å². The molecule has 158 valence electrons. The quantitative estimate of drug-likeness (QED) is 0.114. The van der Waals surface area contributed by atoms with Crippen LogP contribution in [0.3, 0.4) is 0 Å². The van der Waals surface area contributed by atoms with Crippen LogP contribution in [0.4, 0.5) is 25.2 Å². The number of unbranched alkanes of at least 4 members (excludes halogenated alkanes) is 8. The summed E-state index contributed by atoms with van der Waals surface area (Å²) in [5.74, 6) is 4.58. The minimum absolute atomic E-state index is 0.767. The predicted molar refractivity (Wildman–Crippen MR) is 103 cm³/mol.